The summed E-state index contributed by atoms with van der Waals surface area (Å²) < 4.78 is 0. The minimum absolute atomic E-state index is 0.00639. The van der Waals surface area contributed by atoms with Gasteiger partial charge in [0.05, 0.1) is 6.04 Å². The van der Waals surface area contributed by atoms with Crippen molar-refractivity contribution >= 4 is 5.91 Å². The molecule has 3 N–H and O–H groups in total. The highest BCUT2D eigenvalue weighted by atomic mass is 16.2. The Morgan fingerprint density at radius 3 is 2.50 bits per heavy atom. The van der Waals surface area contributed by atoms with Gasteiger partial charge in [-0.1, -0.05) is 26.7 Å². The fourth-order valence-corrected chi connectivity index (χ4v) is 1.88. The van der Waals surface area contributed by atoms with E-state index in [9.17, 15) is 4.79 Å². The van der Waals surface area contributed by atoms with E-state index in [1.54, 1.807) is 0 Å². The van der Waals surface area contributed by atoms with Gasteiger partial charge in [-0.3, -0.25) is 4.79 Å². The van der Waals surface area contributed by atoms with Crippen LogP contribution in [0.4, 0.5) is 0 Å². The lowest BCUT2D eigenvalue weighted by molar-refractivity contribution is -0.123. The second-order valence-electron chi connectivity index (χ2n) is 4.67. The van der Waals surface area contributed by atoms with Crippen molar-refractivity contribution < 1.29 is 4.79 Å². The van der Waals surface area contributed by atoms with Gasteiger partial charge in [0.1, 0.15) is 0 Å². The maximum atomic E-state index is 11.5. The van der Waals surface area contributed by atoms with Crippen molar-refractivity contribution in [1.82, 2.24) is 5.32 Å². The molecule has 0 aliphatic heterocycles. The summed E-state index contributed by atoms with van der Waals surface area (Å²) in [5.41, 5.74) is 5.73. The van der Waals surface area contributed by atoms with Gasteiger partial charge in [-0.25, -0.2) is 0 Å². The SMILES string of the molecule is CC(C)[C@@H](N)C(=O)NCC1CCCC1. The number of hydrogen-bond donors (Lipinski definition) is 2. The molecule has 0 bridgehead atoms. The smallest absolute Gasteiger partial charge is 0.237 e. The number of carbonyl (C=O) groups is 1. The minimum atomic E-state index is -0.351. The predicted molar refractivity (Wildman–Crippen MR) is 57.8 cm³/mol. The molecule has 1 amide bonds. The van der Waals surface area contributed by atoms with Crippen LogP contribution in [0.5, 0.6) is 0 Å². The van der Waals surface area contributed by atoms with Crippen LogP contribution < -0.4 is 11.1 Å². The van der Waals surface area contributed by atoms with Crippen molar-refractivity contribution in [1.29, 1.82) is 0 Å². The third-order valence-corrected chi connectivity index (χ3v) is 3.06. The molecule has 3 nitrogen and oxygen atoms in total. The normalized spacial score (nSPS) is 20.0. The highest BCUT2D eigenvalue weighted by Gasteiger charge is 2.19. The first-order valence-corrected chi connectivity index (χ1v) is 5.64. The van der Waals surface area contributed by atoms with Gasteiger partial charge in [-0.05, 0) is 24.7 Å². The van der Waals surface area contributed by atoms with E-state index < -0.39 is 0 Å². The van der Waals surface area contributed by atoms with Crippen molar-refractivity contribution in [2.45, 2.75) is 45.6 Å². The molecule has 0 heterocycles. The Bertz CT molecular complexity index is 186. The maximum Gasteiger partial charge on any atom is 0.237 e. The zero-order chi connectivity index (χ0) is 10.6. The summed E-state index contributed by atoms with van der Waals surface area (Å²) in [5, 5.41) is 2.94. The molecule has 1 aliphatic carbocycles. The maximum absolute atomic E-state index is 11.5. The third kappa shape index (κ3) is 3.29. The summed E-state index contributed by atoms with van der Waals surface area (Å²) in [6, 6.07) is -0.351. The fourth-order valence-electron chi connectivity index (χ4n) is 1.88. The predicted octanol–water partition coefficient (Wildman–Crippen LogP) is 1.28. The monoisotopic (exact) mass is 198 g/mol. The lowest BCUT2D eigenvalue weighted by Gasteiger charge is -2.17. The van der Waals surface area contributed by atoms with Gasteiger partial charge in [0.2, 0.25) is 5.91 Å². The molecule has 1 saturated carbocycles. The Hall–Kier alpha value is -0.570. The summed E-state index contributed by atoms with van der Waals surface area (Å²) >= 11 is 0. The van der Waals surface area contributed by atoms with Gasteiger partial charge in [0.15, 0.2) is 0 Å². The quantitative estimate of drug-likeness (QED) is 0.715. The lowest BCUT2D eigenvalue weighted by atomic mass is 10.0. The molecule has 1 fully saturated rings. The molecular formula is C11H22N2O. The molecular weight excluding hydrogens is 176 g/mol. The van der Waals surface area contributed by atoms with Crippen LogP contribution in [0.15, 0.2) is 0 Å². The number of nitrogens with one attached hydrogen (secondary N) is 1. The number of carbonyl (C=O) groups excluding carboxylic acids is 1. The van der Waals surface area contributed by atoms with E-state index in [-0.39, 0.29) is 17.9 Å². The standard InChI is InChI=1S/C11H22N2O/c1-8(2)10(12)11(14)13-7-9-5-3-4-6-9/h8-10H,3-7,12H2,1-2H3,(H,13,14)/t10-/m1/s1. The second-order valence-corrected chi connectivity index (χ2v) is 4.67. The van der Waals surface area contributed by atoms with Crippen LogP contribution in [-0.4, -0.2) is 18.5 Å². The summed E-state index contributed by atoms with van der Waals surface area (Å²) in [5.74, 6) is 0.920. The van der Waals surface area contributed by atoms with Crippen LogP contribution in [0.3, 0.4) is 0 Å². The minimum Gasteiger partial charge on any atom is -0.354 e. The number of hydrogen-bond acceptors (Lipinski definition) is 2. The lowest BCUT2D eigenvalue weighted by Crippen LogP contribution is -2.45. The van der Waals surface area contributed by atoms with Gasteiger partial charge in [0.25, 0.3) is 0 Å². The zero-order valence-corrected chi connectivity index (χ0v) is 9.25. The largest absolute Gasteiger partial charge is 0.354 e. The summed E-state index contributed by atoms with van der Waals surface area (Å²) in [6.07, 6.45) is 5.15. The summed E-state index contributed by atoms with van der Waals surface area (Å²) in [7, 11) is 0. The van der Waals surface area contributed by atoms with Crippen molar-refractivity contribution in [3.05, 3.63) is 0 Å². The first-order chi connectivity index (χ1) is 6.61. The van der Waals surface area contributed by atoms with Crippen molar-refractivity contribution in [3.8, 4) is 0 Å². The molecule has 1 rings (SSSR count). The third-order valence-electron chi connectivity index (χ3n) is 3.06. The van der Waals surface area contributed by atoms with Crippen LogP contribution >= 0.6 is 0 Å². The Morgan fingerprint density at radius 1 is 1.43 bits per heavy atom. The van der Waals surface area contributed by atoms with Crippen LogP contribution in [0.25, 0.3) is 0 Å². The average Bonchev–Trinajstić information content (AvgIpc) is 2.65. The van der Waals surface area contributed by atoms with Crippen LogP contribution in [0.1, 0.15) is 39.5 Å². The van der Waals surface area contributed by atoms with Gasteiger partial charge >= 0.3 is 0 Å². The van der Waals surface area contributed by atoms with E-state index in [4.69, 9.17) is 5.73 Å². The van der Waals surface area contributed by atoms with E-state index in [0.717, 1.165) is 6.54 Å². The molecule has 0 aromatic rings. The van der Waals surface area contributed by atoms with Crippen molar-refractivity contribution in [2.75, 3.05) is 6.54 Å². The Morgan fingerprint density at radius 2 is 2.00 bits per heavy atom. The van der Waals surface area contributed by atoms with Gasteiger partial charge in [0, 0.05) is 6.54 Å². The van der Waals surface area contributed by atoms with Crippen LogP contribution in [0, 0.1) is 11.8 Å². The van der Waals surface area contributed by atoms with Crippen molar-refractivity contribution in [3.63, 3.8) is 0 Å². The summed E-state index contributed by atoms with van der Waals surface area (Å²) in [6.45, 7) is 4.76. The molecule has 0 spiro atoms. The van der Waals surface area contributed by atoms with E-state index in [1.165, 1.54) is 25.7 Å². The van der Waals surface area contributed by atoms with E-state index in [0.29, 0.717) is 5.92 Å². The van der Waals surface area contributed by atoms with E-state index >= 15 is 0 Å². The highest BCUT2D eigenvalue weighted by molar-refractivity contribution is 5.81. The molecule has 82 valence electrons. The van der Waals surface area contributed by atoms with Gasteiger partial charge < -0.3 is 11.1 Å². The molecule has 1 atom stereocenters. The molecule has 0 radical (unpaired) electrons. The number of rotatable bonds is 4. The Balaban J connectivity index is 2.19. The number of nitrogens with two attached hydrogens (primary N) is 1. The molecule has 14 heavy (non-hydrogen) atoms. The molecule has 0 aromatic carbocycles. The van der Waals surface area contributed by atoms with E-state index in [2.05, 4.69) is 5.32 Å². The van der Waals surface area contributed by atoms with Crippen molar-refractivity contribution in [2.24, 2.45) is 17.6 Å². The molecule has 3 heteroatoms. The summed E-state index contributed by atoms with van der Waals surface area (Å²) in [4.78, 5) is 11.5. The molecule has 0 unspecified atom stereocenters. The average molecular weight is 198 g/mol. The Kier molecular flexibility index (Phi) is 4.39. The highest BCUT2D eigenvalue weighted by Crippen LogP contribution is 2.23. The van der Waals surface area contributed by atoms with Gasteiger partial charge in [-0.2, -0.15) is 0 Å². The first-order valence-electron chi connectivity index (χ1n) is 5.64. The molecule has 0 aromatic heterocycles. The van der Waals surface area contributed by atoms with Crippen LogP contribution in [-0.2, 0) is 4.79 Å². The fraction of sp³-hybridized carbons (Fsp3) is 0.909. The first kappa shape index (κ1) is 11.5. The molecule has 1 aliphatic rings. The van der Waals surface area contributed by atoms with Gasteiger partial charge in [-0.15, -0.1) is 0 Å². The molecule has 0 saturated heterocycles. The Labute approximate surface area is 86.4 Å². The van der Waals surface area contributed by atoms with E-state index in [1.807, 2.05) is 13.8 Å². The number of amides is 1. The topological polar surface area (TPSA) is 55.1 Å². The zero-order valence-electron chi connectivity index (χ0n) is 9.25. The second kappa shape index (κ2) is 5.35. The van der Waals surface area contributed by atoms with Crippen LogP contribution in [0.2, 0.25) is 0 Å².